The van der Waals surface area contributed by atoms with Gasteiger partial charge in [0.05, 0.1) is 0 Å². The van der Waals surface area contributed by atoms with Crippen LogP contribution in [0.2, 0.25) is 0 Å². The van der Waals surface area contributed by atoms with Crippen molar-refractivity contribution >= 4 is 0 Å². The predicted molar refractivity (Wildman–Crippen MR) is 54.4 cm³/mol. The first-order valence-electron chi connectivity index (χ1n) is 5.25. The molecule has 1 rings (SSSR count). The van der Waals surface area contributed by atoms with Crippen molar-refractivity contribution in [2.75, 3.05) is 0 Å². The number of hydrogen-bond donors (Lipinski definition) is 0. The molecule has 0 spiro atoms. The number of likely N-dealkylation sites (tertiary alicyclic amines) is 1. The smallest absolute Gasteiger partial charge is 0.0130 e. The number of rotatable bonds is 1. The molecule has 0 saturated carbocycles. The maximum atomic E-state index is 2.69. The van der Waals surface area contributed by atoms with Gasteiger partial charge < -0.3 is 0 Å². The van der Waals surface area contributed by atoms with Crippen LogP contribution < -0.4 is 0 Å². The molecule has 1 nitrogen and oxygen atoms in total. The second-order valence-electron chi connectivity index (χ2n) is 5.07. The molecule has 72 valence electrons. The summed E-state index contributed by atoms with van der Waals surface area (Å²) in [5, 5.41) is 0. The van der Waals surface area contributed by atoms with E-state index in [1.165, 1.54) is 19.3 Å². The highest BCUT2D eigenvalue weighted by atomic mass is 15.3. The topological polar surface area (TPSA) is 3.24 Å². The van der Waals surface area contributed by atoms with Crippen LogP contribution in [0.5, 0.6) is 0 Å². The van der Waals surface area contributed by atoms with Crippen LogP contribution in [0.1, 0.15) is 53.9 Å². The molecule has 0 N–H and O–H groups in total. The van der Waals surface area contributed by atoms with Crippen molar-refractivity contribution in [1.29, 1.82) is 0 Å². The second-order valence-corrected chi connectivity index (χ2v) is 5.07. The Morgan fingerprint density at radius 1 is 1.25 bits per heavy atom. The van der Waals surface area contributed by atoms with Crippen molar-refractivity contribution in [2.45, 2.75) is 71.5 Å². The van der Waals surface area contributed by atoms with Gasteiger partial charge in [-0.25, -0.2) is 0 Å². The first kappa shape index (κ1) is 10.0. The van der Waals surface area contributed by atoms with Gasteiger partial charge in [0.25, 0.3) is 0 Å². The maximum Gasteiger partial charge on any atom is 0.0130 e. The quantitative estimate of drug-likeness (QED) is 0.583. The van der Waals surface area contributed by atoms with Crippen molar-refractivity contribution in [3.63, 3.8) is 0 Å². The Balaban J connectivity index is 2.70. The maximum absolute atomic E-state index is 2.69. The van der Waals surface area contributed by atoms with Gasteiger partial charge in [0.1, 0.15) is 0 Å². The van der Waals surface area contributed by atoms with Gasteiger partial charge in [-0.3, -0.25) is 4.90 Å². The Labute approximate surface area is 77.1 Å². The minimum Gasteiger partial charge on any atom is -0.293 e. The molecule has 0 bridgehead atoms. The zero-order chi connectivity index (χ0) is 9.35. The predicted octanol–water partition coefficient (Wildman–Crippen LogP) is 3.05. The Hall–Kier alpha value is -0.0400. The van der Waals surface area contributed by atoms with Crippen LogP contribution in [0.25, 0.3) is 0 Å². The molecule has 1 aliphatic heterocycles. The van der Waals surface area contributed by atoms with Crippen LogP contribution in [0.4, 0.5) is 0 Å². The summed E-state index contributed by atoms with van der Waals surface area (Å²) < 4.78 is 0. The Bertz CT molecular complexity index is 146. The first-order valence-corrected chi connectivity index (χ1v) is 5.25. The average Bonchev–Trinajstić information content (AvgIpc) is 2.29. The molecule has 1 unspecified atom stereocenters. The standard InChI is InChI=1S/C11H23N/c1-6-10-8-7-9(2)12(10)11(3,4)5/h9-10H,6-8H2,1-5H3/t9?,10-/m0/s1. The summed E-state index contributed by atoms with van der Waals surface area (Å²) in [6.07, 6.45) is 4.09. The Morgan fingerprint density at radius 2 is 1.83 bits per heavy atom. The van der Waals surface area contributed by atoms with Crippen molar-refractivity contribution in [3.8, 4) is 0 Å². The minimum absolute atomic E-state index is 0.358. The van der Waals surface area contributed by atoms with E-state index in [-0.39, 0.29) is 0 Å². The molecule has 0 radical (unpaired) electrons. The summed E-state index contributed by atoms with van der Waals surface area (Å²) in [6, 6.07) is 1.62. The highest BCUT2D eigenvalue weighted by Gasteiger charge is 2.36. The summed E-state index contributed by atoms with van der Waals surface area (Å²) in [7, 11) is 0. The highest BCUT2D eigenvalue weighted by Crippen LogP contribution is 2.32. The van der Waals surface area contributed by atoms with Gasteiger partial charge in [-0.05, 0) is 47.0 Å². The molecular formula is C11H23N. The molecule has 0 amide bonds. The number of nitrogens with zero attached hydrogens (tertiary/aromatic N) is 1. The van der Waals surface area contributed by atoms with Gasteiger partial charge in [-0.2, -0.15) is 0 Å². The first-order chi connectivity index (χ1) is 5.46. The fourth-order valence-corrected chi connectivity index (χ4v) is 2.68. The molecular weight excluding hydrogens is 146 g/mol. The lowest BCUT2D eigenvalue weighted by Crippen LogP contribution is -2.47. The molecule has 2 atom stereocenters. The summed E-state index contributed by atoms with van der Waals surface area (Å²) in [4.78, 5) is 2.69. The van der Waals surface area contributed by atoms with E-state index in [4.69, 9.17) is 0 Å². The van der Waals surface area contributed by atoms with Gasteiger partial charge in [0.15, 0.2) is 0 Å². The summed E-state index contributed by atoms with van der Waals surface area (Å²) in [5.41, 5.74) is 0.358. The molecule has 0 aromatic heterocycles. The summed E-state index contributed by atoms with van der Waals surface area (Å²) in [5.74, 6) is 0. The molecule has 1 aliphatic rings. The third-order valence-electron chi connectivity index (χ3n) is 3.03. The van der Waals surface area contributed by atoms with E-state index in [0.29, 0.717) is 5.54 Å². The van der Waals surface area contributed by atoms with E-state index in [2.05, 4.69) is 39.5 Å². The molecule has 0 aromatic rings. The van der Waals surface area contributed by atoms with E-state index >= 15 is 0 Å². The highest BCUT2D eigenvalue weighted by molar-refractivity contribution is 4.91. The molecule has 12 heavy (non-hydrogen) atoms. The van der Waals surface area contributed by atoms with Crippen LogP contribution in [-0.4, -0.2) is 22.5 Å². The molecule has 0 aliphatic carbocycles. The third kappa shape index (κ3) is 1.82. The zero-order valence-corrected chi connectivity index (χ0v) is 9.22. The van der Waals surface area contributed by atoms with Crippen LogP contribution in [0.15, 0.2) is 0 Å². The van der Waals surface area contributed by atoms with E-state index in [0.717, 1.165) is 12.1 Å². The largest absolute Gasteiger partial charge is 0.293 e. The van der Waals surface area contributed by atoms with E-state index < -0.39 is 0 Å². The van der Waals surface area contributed by atoms with Crippen molar-refractivity contribution in [2.24, 2.45) is 0 Å². The fraction of sp³-hybridized carbons (Fsp3) is 1.00. The molecule has 1 heteroatoms. The normalized spacial score (nSPS) is 32.8. The van der Waals surface area contributed by atoms with E-state index in [1.54, 1.807) is 0 Å². The van der Waals surface area contributed by atoms with Crippen molar-refractivity contribution < 1.29 is 0 Å². The second kappa shape index (κ2) is 3.37. The lowest BCUT2D eigenvalue weighted by molar-refractivity contribution is 0.0815. The molecule has 0 aromatic carbocycles. The van der Waals surface area contributed by atoms with Gasteiger partial charge in [0, 0.05) is 17.6 Å². The Kier molecular flexibility index (Phi) is 2.82. The lowest BCUT2D eigenvalue weighted by atomic mass is 10.0. The number of hydrogen-bond acceptors (Lipinski definition) is 1. The fourth-order valence-electron chi connectivity index (χ4n) is 2.68. The molecule has 1 saturated heterocycles. The van der Waals surface area contributed by atoms with E-state index in [9.17, 15) is 0 Å². The van der Waals surface area contributed by atoms with Crippen LogP contribution >= 0.6 is 0 Å². The third-order valence-corrected chi connectivity index (χ3v) is 3.03. The van der Waals surface area contributed by atoms with Gasteiger partial charge in [-0.15, -0.1) is 0 Å². The molecule has 1 heterocycles. The van der Waals surface area contributed by atoms with Crippen molar-refractivity contribution in [3.05, 3.63) is 0 Å². The summed E-state index contributed by atoms with van der Waals surface area (Å²) in [6.45, 7) is 11.7. The van der Waals surface area contributed by atoms with Gasteiger partial charge in [-0.1, -0.05) is 6.92 Å². The SMILES string of the molecule is CC[C@H]1CCC(C)N1C(C)(C)C. The Morgan fingerprint density at radius 3 is 2.17 bits per heavy atom. The lowest BCUT2D eigenvalue weighted by Gasteiger charge is -2.40. The van der Waals surface area contributed by atoms with Crippen LogP contribution in [0.3, 0.4) is 0 Å². The molecule has 1 fully saturated rings. The van der Waals surface area contributed by atoms with Crippen LogP contribution in [0, 0.1) is 0 Å². The van der Waals surface area contributed by atoms with Gasteiger partial charge >= 0.3 is 0 Å². The van der Waals surface area contributed by atoms with Crippen molar-refractivity contribution in [1.82, 2.24) is 4.90 Å². The van der Waals surface area contributed by atoms with Gasteiger partial charge in [0.2, 0.25) is 0 Å². The monoisotopic (exact) mass is 169 g/mol. The average molecular weight is 169 g/mol. The van der Waals surface area contributed by atoms with Crippen LogP contribution in [-0.2, 0) is 0 Å². The zero-order valence-electron chi connectivity index (χ0n) is 9.22. The van der Waals surface area contributed by atoms with E-state index in [1.807, 2.05) is 0 Å². The minimum atomic E-state index is 0.358. The summed E-state index contributed by atoms with van der Waals surface area (Å²) >= 11 is 0.